The SMILES string of the molecule is C[C@@H]1CN(c2ccc(C#N)c3ncccc23)C[C@H](CN2CCC[C@@H]2CO)O1. The van der Waals surface area contributed by atoms with Crippen LogP contribution in [-0.4, -0.2) is 66.0 Å². The number of hydrogen-bond acceptors (Lipinski definition) is 6. The van der Waals surface area contributed by atoms with Gasteiger partial charge in [0.05, 0.1) is 29.9 Å². The summed E-state index contributed by atoms with van der Waals surface area (Å²) >= 11 is 0. The maximum Gasteiger partial charge on any atom is 0.101 e. The number of aromatic nitrogens is 1. The Kier molecular flexibility index (Phi) is 5.26. The van der Waals surface area contributed by atoms with Gasteiger partial charge in [-0.3, -0.25) is 9.88 Å². The molecule has 2 aromatic rings. The largest absolute Gasteiger partial charge is 0.395 e. The van der Waals surface area contributed by atoms with Crippen molar-refractivity contribution >= 4 is 16.6 Å². The summed E-state index contributed by atoms with van der Waals surface area (Å²) in [6.07, 6.45) is 4.17. The highest BCUT2D eigenvalue weighted by Crippen LogP contribution is 2.30. The Bertz CT molecular complexity index is 850. The zero-order valence-corrected chi connectivity index (χ0v) is 15.7. The van der Waals surface area contributed by atoms with Gasteiger partial charge in [0.1, 0.15) is 6.07 Å². The number of aliphatic hydroxyl groups is 1. The summed E-state index contributed by atoms with van der Waals surface area (Å²) in [5.74, 6) is 0. The Morgan fingerprint density at radius 2 is 2.22 bits per heavy atom. The molecule has 4 rings (SSSR count). The van der Waals surface area contributed by atoms with Crippen LogP contribution in [0.3, 0.4) is 0 Å². The van der Waals surface area contributed by atoms with Crippen LogP contribution in [-0.2, 0) is 4.74 Å². The smallest absolute Gasteiger partial charge is 0.101 e. The molecule has 6 heteroatoms. The lowest BCUT2D eigenvalue weighted by Gasteiger charge is -2.40. The first-order valence-electron chi connectivity index (χ1n) is 9.72. The lowest BCUT2D eigenvalue weighted by Crippen LogP contribution is -2.51. The molecule has 2 aliphatic rings. The van der Waals surface area contributed by atoms with Crippen molar-refractivity contribution in [1.82, 2.24) is 9.88 Å². The maximum absolute atomic E-state index is 9.59. The number of rotatable bonds is 4. The van der Waals surface area contributed by atoms with Crippen LogP contribution in [0.25, 0.3) is 10.9 Å². The van der Waals surface area contributed by atoms with Gasteiger partial charge in [0, 0.05) is 42.9 Å². The van der Waals surface area contributed by atoms with Crippen LogP contribution < -0.4 is 4.90 Å². The Morgan fingerprint density at radius 1 is 1.33 bits per heavy atom. The van der Waals surface area contributed by atoms with E-state index in [0.717, 1.165) is 55.6 Å². The molecule has 3 heterocycles. The number of aliphatic hydroxyl groups excluding tert-OH is 1. The molecule has 6 nitrogen and oxygen atoms in total. The summed E-state index contributed by atoms with van der Waals surface area (Å²) in [5, 5.41) is 20.0. The summed E-state index contributed by atoms with van der Waals surface area (Å²) < 4.78 is 6.22. The molecule has 0 radical (unpaired) electrons. The molecular formula is C21H26N4O2. The van der Waals surface area contributed by atoms with Gasteiger partial charge in [-0.05, 0) is 50.6 Å². The number of morpholine rings is 1. The highest BCUT2D eigenvalue weighted by atomic mass is 16.5. The third-order valence-corrected chi connectivity index (χ3v) is 5.68. The minimum Gasteiger partial charge on any atom is -0.395 e. The number of anilines is 1. The van der Waals surface area contributed by atoms with E-state index in [4.69, 9.17) is 4.74 Å². The molecule has 1 aromatic heterocycles. The molecule has 0 amide bonds. The molecule has 142 valence electrons. The first-order chi connectivity index (χ1) is 13.2. The number of fused-ring (bicyclic) bond motifs is 1. The van der Waals surface area contributed by atoms with E-state index >= 15 is 0 Å². The quantitative estimate of drug-likeness (QED) is 0.894. The topological polar surface area (TPSA) is 72.6 Å². The fraction of sp³-hybridized carbons (Fsp3) is 0.524. The molecule has 3 atom stereocenters. The number of ether oxygens (including phenoxy) is 1. The molecule has 0 unspecified atom stereocenters. The summed E-state index contributed by atoms with van der Waals surface area (Å²) in [7, 11) is 0. The average Bonchev–Trinajstić information content (AvgIpc) is 3.13. The second-order valence-corrected chi connectivity index (χ2v) is 7.59. The number of benzene rings is 1. The van der Waals surface area contributed by atoms with E-state index in [9.17, 15) is 10.4 Å². The highest BCUT2D eigenvalue weighted by Gasteiger charge is 2.31. The summed E-state index contributed by atoms with van der Waals surface area (Å²) in [5.41, 5.74) is 2.47. The van der Waals surface area contributed by atoms with Gasteiger partial charge in [-0.25, -0.2) is 0 Å². The van der Waals surface area contributed by atoms with Crippen molar-refractivity contribution in [1.29, 1.82) is 5.26 Å². The van der Waals surface area contributed by atoms with Crippen LogP contribution in [0.5, 0.6) is 0 Å². The van der Waals surface area contributed by atoms with Crippen molar-refractivity contribution < 1.29 is 9.84 Å². The Balaban J connectivity index is 1.59. The lowest BCUT2D eigenvalue weighted by molar-refractivity contribution is -0.0362. The summed E-state index contributed by atoms with van der Waals surface area (Å²) in [6.45, 7) is 5.82. The number of pyridine rings is 1. The number of nitrogens with zero attached hydrogens (tertiary/aromatic N) is 4. The van der Waals surface area contributed by atoms with E-state index in [1.165, 1.54) is 0 Å². The van der Waals surface area contributed by atoms with Crippen molar-refractivity contribution in [3.05, 3.63) is 36.0 Å². The van der Waals surface area contributed by atoms with Crippen LogP contribution >= 0.6 is 0 Å². The molecule has 0 spiro atoms. The van der Waals surface area contributed by atoms with E-state index in [2.05, 4.69) is 27.8 Å². The van der Waals surface area contributed by atoms with E-state index in [0.29, 0.717) is 5.56 Å². The standard InChI is InChI=1S/C21H26N4O2/c1-15-11-25(13-18(27-15)12-24-9-3-4-17(24)14-26)20-7-6-16(10-22)21-19(20)5-2-8-23-21/h2,5-8,15,17-18,26H,3-4,9,11-14H2,1H3/t15-,17-,18+/m1/s1. The average molecular weight is 366 g/mol. The molecule has 1 N–H and O–H groups in total. The fourth-order valence-corrected chi connectivity index (χ4v) is 4.47. The molecule has 0 aliphatic carbocycles. The first kappa shape index (κ1) is 18.2. The van der Waals surface area contributed by atoms with Crippen LogP contribution in [0, 0.1) is 11.3 Å². The first-order valence-corrected chi connectivity index (χ1v) is 9.72. The predicted molar refractivity (Wildman–Crippen MR) is 105 cm³/mol. The monoisotopic (exact) mass is 366 g/mol. The van der Waals surface area contributed by atoms with Crippen LogP contribution in [0.1, 0.15) is 25.3 Å². The predicted octanol–water partition coefficient (Wildman–Crippen LogP) is 2.16. The van der Waals surface area contributed by atoms with Gasteiger partial charge < -0.3 is 14.7 Å². The van der Waals surface area contributed by atoms with E-state index in [-0.39, 0.29) is 24.9 Å². The molecule has 0 bridgehead atoms. The highest BCUT2D eigenvalue weighted by molar-refractivity contribution is 5.95. The number of likely N-dealkylation sites (tertiary alicyclic amines) is 1. The molecule has 2 fully saturated rings. The zero-order chi connectivity index (χ0) is 18.8. The summed E-state index contributed by atoms with van der Waals surface area (Å²) in [6, 6.07) is 10.4. The van der Waals surface area contributed by atoms with Gasteiger partial charge in [0.15, 0.2) is 0 Å². The van der Waals surface area contributed by atoms with Crippen molar-refractivity contribution in [2.24, 2.45) is 0 Å². The van der Waals surface area contributed by atoms with Crippen LogP contribution in [0.15, 0.2) is 30.5 Å². The van der Waals surface area contributed by atoms with Gasteiger partial charge in [-0.1, -0.05) is 0 Å². The maximum atomic E-state index is 9.59. The van der Waals surface area contributed by atoms with E-state index in [1.54, 1.807) is 6.20 Å². The van der Waals surface area contributed by atoms with Gasteiger partial charge in [0.25, 0.3) is 0 Å². The van der Waals surface area contributed by atoms with Gasteiger partial charge in [-0.2, -0.15) is 5.26 Å². The molecule has 0 saturated carbocycles. The van der Waals surface area contributed by atoms with Crippen LogP contribution in [0.2, 0.25) is 0 Å². The van der Waals surface area contributed by atoms with Gasteiger partial charge in [0.2, 0.25) is 0 Å². The normalized spacial score (nSPS) is 26.4. The molecule has 27 heavy (non-hydrogen) atoms. The third-order valence-electron chi connectivity index (χ3n) is 5.68. The minimum atomic E-state index is 0.100. The summed E-state index contributed by atoms with van der Waals surface area (Å²) in [4.78, 5) is 9.15. The third kappa shape index (κ3) is 3.63. The van der Waals surface area contributed by atoms with Crippen molar-refractivity contribution in [3.63, 3.8) is 0 Å². The second kappa shape index (κ2) is 7.81. The van der Waals surface area contributed by atoms with Crippen LogP contribution in [0.4, 0.5) is 5.69 Å². The van der Waals surface area contributed by atoms with E-state index in [1.807, 2.05) is 24.3 Å². The second-order valence-electron chi connectivity index (χ2n) is 7.59. The van der Waals surface area contributed by atoms with Crippen molar-refractivity contribution in [3.8, 4) is 6.07 Å². The number of hydrogen-bond donors (Lipinski definition) is 1. The molecular weight excluding hydrogens is 340 g/mol. The fourth-order valence-electron chi connectivity index (χ4n) is 4.47. The minimum absolute atomic E-state index is 0.100. The Morgan fingerprint density at radius 3 is 3.04 bits per heavy atom. The van der Waals surface area contributed by atoms with E-state index < -0.39 is 0 Å². The molecule has 2 saturated heterocycles. The van der Waals surface area contributed by atoms with Crippen molar-refractivity contribution in [2.75, 3.05) is 37.7 Å². The number of nitriles is 1. The van der Waals surface area contributed by atoms with Gasteiger partial charge >= 0.3 is 0 Å². The molecule has 1 aromatic carbocycles. The van der Waals surface area contributed by atoms with Gasteiger partial charge in [-0.15, -0.1) is 0 Å². The van der Waals surface area contributed by atoms with Crippen molar-refractivity contribution in [2.45, 2.75) is 38.0 Å². The molecule has 2 aliphatic heterocycles. The zero-order valence-electron chi connectivity index (χ0n) is 15.7. The Hall–Kier alpha value is -2.20. The Labute approximate surface area is 160 Å². The lowest BCUT2D eigenvalue weighted by atomic mass is 10.1.